The maximum atomic E-state index is 13.0. The standard InChI is InChI=1S/C21H21FN2O2S/c1-4-27-21-19(20(25)23-12-14-5-7-15(22)8-6-14)13(2)17-11-16(26-3)9-10-18(17)24-21/h5-11H,4,12H2,1-3H3,(H,23,25). The molecule has 0 saturated carbocycles. The summed E-state index contributed by atoms with van der Waals surface area (Å²) in [6, 6.07) is 11.8. The largest absolute Gasteiger partial charge is 0.497 e. The molecular weight excluding hydrogens is 363 g/mol. The van der Waals surface area contributed by atoms with Crippen LogP contribution in [-0.4, -0.2) is 23.8 Å². The molecule has 0 saturated heterocycles. The molecule has 4 nitrogen and oxygen atoms in total. The number of aryl methyl sites for hydroxylation is 1. The van der Waals surface area contributed by atoms with Crippen molar-refractivity contribution in [2.45, 2.75) is 25.4 Å². The summed E-state index contributed by atoms with van der Waals surface area (Å²) in [4.78, 5) is 17.6. The van der Waals surface area contributed by atoms with E-state index in [-0.39, 0.29) is 11.7 Å². The highest BCUT2D eigenvalue weighted by molar-refractivity contribution is 7.99. The van der Waals surface area contributed by atoms with Gasteiger partial charge in [0.05, 0.1) is 18.2 Å². The molecule has 6 heteroatoms. The second kappa shape index (κ2) is 8.39. The van der Waals surface area contributed by atoms with Gasteiger partial charge in [0, 0.05) is 11.9 Å². The highest BCUT2D eigenvalue weighted by atomic mass is 32.2. The molecule has 2 aromatic carbocycles. The summed E-state index contributed by atoms with van der Waals surface area (Å²) in [6.45, 7) is 4.28. The molecule has 1 N–H and O–H groups in total. The number of carbonyl (C=O) groups is 1. The summed E-state index contributed by atoms with van der Waals surface area (Å²) in [5.74, 6) is 1.05. The van der Waals surface area contributed by atoms with Crippen LogP contribution in [0.15, 0.2) is 47.5 Å². The second-order valence-corrected chi connectivity index (χ2v) is 7.29. The first-order valence-corrected chi connectivity index (χ1v) is 9.65. The minimum atomic E-state index is -0.296. The van der Waals surface area contributed by atoms with Crippen LogP contribution in [-0.2, 0) is 6.54 Å². The van der Waals surface area contributed by atoms with Gasteiger partial charge >= 0.3 is 0 Å². The van der Waals surface area contributed by atoms with Crippen molar-refractivity contribution in [3.05, 3.63) is 65.0 Å². The van der Waals surface area contributed by atoms with E-state index < -0.39 is 0 Å². The van der Waals surface area contributed by atoms with Crippen molar-refractivity contribution in [2.75, 3.05) is 12.9 Å². The van der Waals surface area contributed by atoms with E-state index in [1.54, 1.807) is 31.0 Å². The van der Waals surface area contributed by atoms with Gasteiger partial charge in [-0.2, -0.15) is 0 Å². The zero-order valence-electron chi connectivity index (χ0n) is 15.5. The Balaban J connectivity index is 1.96. The van der Waals surface area contributed by atoms with E-state index in [0.29, 0.717) is 17.1 Å². The lowest BCUT2D eigenvalue weighted by atomic mass is 10.0. The van der Waals surface area contributed by atoms with E-state index in [9.17, 15) is 9.18 Å². The second-order valence-electron chi connectivity index (χ2n) is 6.04. The van der Waals surface area contributed by atoms with E-state index in [1.165, 1.54) is 12.1 Å². The van der Waals surface area contributed by atoms with E-state index >= 15 is 0 Å². The number of pyridine rings is 1. The smallest absolute Gasteiger partial charge is 0.254 e. The van der Waals surface area contributed by atoms with Crippen LogP contribution in [0.25, 0.3) is 10.9 Å². The van der Waals surface area contributed by atoms with Crippen LogP contribution in [0.4, 0.5) is 4.39 Å². The molecule has 0 unspecified atom stereocenters. The van der Waals surface area contributed by atoms with Crippen molar-refractivity contribution < 1.29 is 13.9 Å². The number of nitrogens with one attached hydrogen (secondary N) is 1. The molecule has 0 radical (unpaired) electrons. The molecule has 1 heterocycles. The van der Waals surface area contributed by atoms with Gasteiger partial charge in [-0.05, 0) is 54.1 Å². The number of hydrogen-bond donors (Lipinski definition) is 1. The number of fused-ring (bicyclic) bond motifs is 1. The summed E-state index contributed by atoms with van der Waals surface area (Å²) < 4.78 is 18.3. The Hall–Kier alpha value is -2.60. The molecule has 1 aromatic heterocycles. The molecule has 3 aromatic rings. The molecule has 0 fully saturated rings. The molecule has 27 heavy (non-hydrogen) atoms. The average Bonchev–Trinajstić information content (AvgIpc) is 2.67. The van der Waals surface area contributed by atoms with Crippen molar-refractivity contribution >= 4 is 28.6 Å². The Morgan fingerprint density at radius 1 is 1.22 bits per heavy atom. The van der Waals surface area contributed by atoms with Crippen LogP contribution in [0.5, 0.6) is 5.75 Å². The van der Waals surface area contributed by atoms with Crippen LogP contribution < -0.4 is 10.1 Å². The summed E-state index contributed by atoms with van der Waals surface area (Å²) in [7, 11) is 1.61. The van der Waals surface area contributed by atoms with Gasteiger partial charge in [-0.3, -0.25) is 4.79 Å². The zero-order chi connectivity index (χ0) is 19.4. The third-order valence-corrected chi connectivity index (χ3v) is 5.15. The van der Waals surface area contributed by atoms with Crippen LogP contribution >= 0.6 is 11.8 Å². The summed E-state index contributed by atoms with van der Waals surface area (Å²) in [6.07, 6.45) is 0. The van der Waals surface area contributed by atoms with E-state index in [1.807, 2.05) is 32.0 Å². The highest BCUT2D eigenvalue weighted by Crippen LogP contribution is 2.31. The molecule has 0 aliphatic rings. The van der Waals surface area contributed by atoms with Gasteiger partial charge in [0.15, 0.2) is 0 Å². The Labute approximate surface area is 162 Å². The van der Waals surface area contributed by atoms with E-state index in [4.69, 9.17) is 4.74 Å². The van der Waals surface area contributed by atoms with Crippen molar-refractivity contribution in [2.24, 2.45) is 0 Å². The number of aromatic nitrogens is 1. The monoisotopic (exact) mass is 384 g/mol. The third-order valence-electron chi connectivity index (χ3n) is 4.29. The molecule has 0 aliphatic carbocycles. The minimum Gasteiger partial charge on any atom is -0.497 e. The predicted octanol–water partition coefficient (Wildman–Crippen LogP) is 4.73. The number of methoxy groups -OCH3 is 1. The quantitative estimate of drug-likeness (QED) is 0.624. The first-order chi connectivity index (χ1) is 13.0. The van der Waals surface area contributed by atoms with Gasteiger partial charge in [0.1, 0.15) is 16.6 Å². The maximum Gasteiger partial charge on any atom is 0.254 e. The van der Waals surface area contributed by atoms with Crippen molar-refractivity contribution in [3.8, 4) is 5.75 Å². The van der Waals surface area contributed by atoms with Gasteiger partial charge in [0.25, 0.3) is 5.91 Å². The molecule has 0 aliphatic heterocycles. The van der Waals surface area contributed by atoms with Crippen molar-refractivity contribution in [3.63, 3.8) is 0 Å². The number of nitrogens with zero attached hydrogens (tertiary/aromatic N) is 1. The fraction of sp³-hybridized carbons (Fsp3) is 0.238. The lowest BCUT2D eigenvalue weighted by Crippen LogP contribution is -2.25. The van der Waals surface area contributed by atoms with E-state index in [2.05, 4.69) is 10.3 Å². The Bertz CT molecular complexity index is 974. The summed E-state index contributed by atoms with van der Waals surface area (Å²) in [5, 5.41) is 4.52. The van der Waals surface area contributed by atoms with Crippen LogP contribution in [0.1, 0.15) is 28.4 Å². The van der Waals surface area contributed by atoms with Gasteiger partial charge < -0.3 is 10.1 Å². The number of thioether (sulfide) groups is 1. The molecule has 0 spiro atoms. The van der Waals surface area contributed by atoms with Gasteiger partial charge in [0.2, 0.25) is 0 Å². The molecular formula is C21H21FN2O2S. The average molecular weight is 384 g/mol. The molecule has 0 bridgehead atoms. The number of halogens is 1. The third kappa shape index (κ3) is 4.22. The molecule has 0 atom stereocenters. The number of benzene rings is 2. The Morgan fingerprint density at radius 3 is 2.63 bits per heavy atom. The van der Waals surface area contributed by atoms with Gasteiger partial charge in [-0.25, -0.2) is 9.37 Å². The molecule has 1 amide bonds. The number of rotatable bonds is 6. The van der Waals surface area contributed by atoms with Crippen LogP contribution in [0.2, 0.25) is 0 Å². The first kappa shape index (κ1) is 19.2. The number of ether oxygens (including phenoxy) is 1. The molecule has 3 rings (SSSR count). The summed E-state index contributed by atoms with van der Waals surface area (Å²) in [5.41, 5.74) is 3.11. The lowest BCUT2D eigenvalue weighted by molar-refractivity contribution is 0.0947. The number of hydrogen-bond acceptors (Lipinski definition) is 4. The number of amides is 1. The van der Waals surface area contributed by atoms with Crippen LogP contribution in [0, 0.1) is 12.7 Å². The fourth-order valence-corrected chi connectivity index (χ4v) is 3.71. The Kier molecular flexibility index (Phi) is 5.96. The van der Waals surface area contributed by atoms with Gasteiger partial charge in [-0.15, -0.1) is 11.8 Å². The van der Waals surface area contributed by atoms with Crippen molar-refractivity contribution in [1.82, 2.24) is 10.3 Å². The minimum absolute atomic E-state index is 0.190. The van der Waals surface area contributed by atoms with Crippen molar-refractivity contribution in [1.29, 1.82) is 0 Å². The molecule has 140 valence electrons. The van der Waals surface area contributed by atoms with Crippen LogP contribution in [0.3, 0.4) is 0 Å². The zero-order valence-corrected chi connectivity index (χ0v) is 16.3. The SMILES string of the molecule is CCSc1nc2ccc(OC)cc2c(C)c1C(=O)NCc1ccc(F)cc1. The topological polar surface area (TPSA) is 51.2 Å². The first-order valence-electron chi connectivity index (χ1n) is 8.67. The fourth-order valence-electron chi connectivity index (χ4n) is 2.88. The highest BCUT2D eigenvalue weighted by Gasteiger charge is 2.19. The lowest BCUT2D eigenvalue weighted by Gasteiger charge is -2.15. The van der Waals surface area contributed by atoms with E-state index in [0.717, 1.165) is 33.5 Å². The summed E-state index contributed by atoms with van der Waals surface area (Å²) >= 11 is 1.54. The van der Waals surface area contributed by atoms with Gasteiger partial charge in [-0.1, -0.05) is 19.1 Å². The predicted molar refractivity (Wildman–Crippen MR) is 107 cm³/mol. The number of carbonyl (C=O) groups excluding carboxylic acids is 1. The Morgan fingerprint density at radius 2 is 1.96 bits per heavy atom. The normalized spacial score (nSPS) is 10.8. The maximum absolute atomic E-state index is 13.0.